The molecule has 0 aliphatic carbocycles. The Hall–Kier alpha value is -1.11. The number of rotatable bonds is 6. The molecule has 0 saturated carbocycles. The number of nitrogens with zero attached hydrogens (tertiary/aromatic N) is 1. The van der Waals surface area contributed by atoms with Gasteiger partial charge in [-0.15, -0.1) is 0 Å². The zero-order chi connectivity index (χ0) is 15.3. The zero-order valence-corrected chi connectivity index (χ0v) is 13.2. The van der Waals surface area contributed by atoms with Crippen LogP contribution < -0.4 is 0 Å². The second-order valence-corrected chi connectivity index (χ2v) is 7.11. The first kappa shape index (κ1) is 16.9. The van der Waals surface area contributed by atoms with Gasteiger partial charge in [0, 0.05) is 35.9 Å². The normalized spacial score (nSPS) is 11.7. The second kappa shape index (κ2) is 7.06. The molecule has 0 aromatic heterocycles. The third kappa shape index (κ3) is 4.47. The van der Waals surface area contributed by atoms with Gasteiger partial charge in [-0.25, -0.2) is 8.42 Å². The fraction of sp³-hybridized carbons (Fsp3) is 0.462. The molecule has 0 fully saturated rings. The molecule has 1 amide bonds. The Kier molecular flexibility index (Phi) is 5.98. The summed E-state index contributed by atoms with van der Waals surface area (Å²) >= 11 is 0. The van der Waals surface area contributed by atoms with E-state index in [9.17, 15) is 13.2 Å². The molecule has 0 aliphatic rings. The maximum absolute atomic E-state index is 12.3. The molecule has 1 aromatic carbocycles. The third-order valence-corrected chi connectivity index (χ3v) is 4.17. The van der Waals surface area contributed by atoms with Crippen LogP contribution in [-0.2, 0) is 13.8 Å². The molecule has 0 heterocycles. The summed E-state index contributed by atoms with van der Waals surface area (Å²) in [4.78, 5) is 14.0. The van der Waals surface area contributed by atoms with Crippen molar-refractivity contribution >= 4 is 25.6 Å². The predicted molar refractivity (Wildman–Crippen MR) is 77.5 cm³/mol. The van der Waals surface area contributed by atoms with Crippen LogP contribution in [0.1, 0.15) is 24.2 Å². The van der Waals surface area contributed by atoms with E-state index in [1.807, 2.05) is 13.8 Å². The molecule has 0 radical (unpaired) electrons. The molecule has 1 rings (SSSR count). The Bertz CT molecular complexity index is 554. The molecule has 0 N–H and O–H groups in total. The van der Waals surface area contributed by atoms with Gasteiger partial charge in [0.25, 0.3) is 15.0 Å². The van der Waals surface area contributed by atoms with Crippen molar-refractivity contribution < 1.29 is 17.9 Å². The molecule has 7 heteroatoms. The summed E-state index contributed by atoms with van der Waals surface area (Å²) in [5.74, 6) is -0.171. The molecule has 0 bridgehead atoms. The van der Waals surface area contributed by atoms with Gasteiger partial charge in [0.1, 0.15) is 0 Å². The number of methoxy groups -OCH3 is 1. The standard InChI is InChI=1S/C13H18ClNO4S/c1-10(2)15(8-9-19-3)13(16)11-4-6-12(7-5-11)20(14,17)18/h4-7,10H,8-9H2,1-3H3. The second-order valence-electron chi connectivity index (χ2n) is 4.55. The Balaban J connectivity index is 2.95. The molecule has 20 heavy (non-hydrogen) atoms. The quantitative estimate of drug-likeness (QED) is 0.753. The largest absolute Gasteiger partial charge is 0.383 e. The summed E-state index contributed by atoms with van der Waals surface area (Å²) in [6.07, 6.45) is 0. The van der Waals surface area contributed by atoms with Gasteiger partial charge in [-0.1, -0.05) is 0 Å². The van der Waals surface area contributed by atoms with Crippen LogP contribution in [0.4, 0.5) is 0 Å². The molecule has 5 nitrogen and oxygen atoms in total. The minimum absolute atomic E-state index is 0.0223. The fourth-order valence-electron chi connectivity index (χ4n) is 1.71. The number of halogens is 1. The van der Waals surface area contributed by atoms with Gasteiger partial charge in [-0.05, 0) is 38.1 Å². The highest BCUT2D eigenvalue weighted by Gasteiger charge is 2.19. The molecular weight excluding hydrogens is 302 g/mol. The lowest BCUT2D eigenvalue weighted by Crippen LogP contribution is -2.39. The molecule has 1 aromatic rings. The number of benzene rings is 1. The smallest absolute Gasteiger partial charge is 0.261 e. The Morgan fingerprint density at radius 2 is 1.85 bits per heavy atom. The van der Waals surface area contributed by atoms with Crippen LogP contribution in [0.15, 0.2) is 29.2 Å². The molecular formula is C13H18ClNO4S. The number of hydrogen-bond donors (Lipinski definition) is 0. The van der Waals surface area contributed by atoms with Crippen molar-refractivity contribution in [3.8, 4) is 0 Å². The molecule has 112 valence electrons. The monoisotopic (exact) mass is 319 g/mol. The van der Waals surface area contributed by atoms with E-state index in [2.05, 4.69) is 0 Å². The van der Waals surface area contributed by atoms with E-state index in [-0.39, 0.29) is 16.8 Å². The SMILES string of the molecule is COCCN(C(=O)c1ccc(S(=O)(=O)Cl)cc1)C(C)C. The van der Waals surface area contributed by atoms with E-state index in [1.54, 1.807) is 12.0 Å². The van der Waals surface area contributed by atoms with Gasteiger partial charge in [-0.3, -0.25) is 4.79 Å². The average molecular weight is 320 g/mol. The van der Waals surface area contributed by atoms with Crippen LogP contribution in [0.3, 0.4) is 0 Å². The van der Waals surface area contributed by atoms with E-state index < -0.39 is 9.05 Å². The van der Waals surface area contributed by atoms with E-state index in [4.69, 9.17) is 15.4 Å². The van der Waals surface area contributed by atoms with Crippen molar-refractivity contribution in [1.82, 2.24) is 4.90 Å². The van der Waals surface area contributed by atoms with Crippen molar-refractivity contribution in [1.29, 1.82) is 0 Å². The number of ether oxygens (including phenoxy) is 1. The molecule has 0 saturated heterocycles. The highest BCUT2D eigenvalue weighted by atomic mass is 35.7. The summed E-state index contributed by atoms with van der Waals surface area (Å²) in [7, 11) is 3.04. The van der Waals surface area contributed by atoms with Crippen molar-refractivity contribution in [3.05, 3.63) is 29.8 Å². The van der Waals surface area contributed by atoms with Gasteiger partial charge >= 0.3 is 0 Å². The Morgan fingerprint density at radius 3 is 2.25 bits per heavy atom. The Labute approximate surface area is 123 Å². The summed E-state index contributed by atoms with van der Waals surface area (Å²) in [5.41, 5.74) is 0.416. The van der Waals surface area contributed by atoms with Crippen LogP contribution in [0.25, 0.3) is 0 Å². The van der Waals surface area contributed by atoms with Crippen LogP contribution in [-0.4, -0.2) is 45.5 Å². The minimum atomic E-state index is -3.77. The maximum Gasteiger partial charge on any atom is 0.261 e. The lowest BCUT2D eigenvalue weighted by Gasteiger charge is -2.26. The molecule has 0 aliphatic heterocycles. The molecule has 0 spiro atoms. The average Bonchev–Trinajstić information content (AvgIpc) is 2.37. The number of amides is 1. The van der Waals surface area contributed by atoms with Crippen LogP contribution in [0, 0.1) is 0 Å². The summed E-state index contributed by atoms with van der Waals surface area (Å²) in [5, 5.41) is 0. The number of hydrogen-bond acceptors (Lipinski definition) is 4. The van der Waals surface area contributed by atoms with Gasteiger partial charge in [-0.2, -0.15) is 0 Å². The van der Waals surface area contributed by atoms with Crippen molar-refractivity contribution in [2.45, 2.75) is 24.8 Å². The first-order chi connectivity index (χ1) is 9.27. The van der Waals surface area contributed by atoms with Crippen molar-refractivity contribution in [2.24, 2.45) is 0 Å². The van der Waals surface area contributed by atoms with Gasteiger partial charge in [0.2, 0.25) is 0 Å². The highest BCUT2D eigenvalue weighted by molar-refractivity contribution is 8.13. The van der Waals surface area contributed by atoms with Gasteiger partial charge in [0.05, 0.1) is 11.5 Å². The van der Waals surface area contributed by atoms with Crippen LogP contribution in [0.2, 0.25) is 0 Å². The molecule has 0 atom stereocenters. The van der Waals surface area contributed by atoms with Crippen molar-refractivity contribution in [2.75, 3.05) is 20.3 Å². The van der Waals surface area contributed by atoms with E-state index in [1.165, 1.54) is 24.3 Å². The van der Waals surface area contributed by atoms with Crippen molar-refractivity contribution in [3.63, 3.8) is 0 Å². The van der Waals surface area contributed by atoms with E-state index >= 15 is 0 Å². The first-order valence-corrected chi connectivity index (χ1v) is 8.43. The summed E-state index contributed by atoms with van der Waals surface area (Å²) in [6.45, 7) is 4.73. The maximum atomic E-state index is 12.3. The van der Waals surface area contributed by atoms with Gasteiger partial charge < -0.3 is 9.64 Å². The predicted octanol–water partition coefficient (Wildman–Crippen LogP) is 2.11. The van der Waals surface area contributed by atoms with Crippen LogP contribution >= 0.6 is 10.7 Å². The fourth-order valence-corrected chi connectivity index (χ4v) is 2.48. The Morgan fingerprint density at radius 1 is 1.30 bits per heavy atom. The zero-order valence-electron chi connectivity index (χ0n) is 11.7. The lowest BCUT2D eigenvalue weighted by molar-refractivity contribution is 0.0635. The number of carbonyl (C=O) groups excluding carboxylic acids is 1. The molecule has 0 unspecified atom stereocenters. The third-order valence-electron chi connectivity index (χ3n) is 2.80. The van der Waals surface area contributed by atoms with Crippen LogP contribution in [0.5, 0.6) is 0 Å². The summed E-state index contributed by atoms with van der Waals surface area (Å²) < 4.78 is 27.3. The topological polar surface area (TPSA) is 63.7 Å². The summed E-state index contributed by atoms with van der Waals surface area (Å²) in [6, 6.07) is 5.59. The minimum Gasteiger partial charge on any atom is -0.383 e. The van der Waals surface area contributed by atoms with E-state index in [0.29, 0.717) is 18.7 Å². The lowest BCUT2D eigenvalue weighted by atomic mass is 10.1. The highest BCUT2D eigenvalue weighted by Crippen LogP contribution is 2.16. The first-order valence-electron chi connectivity index (χ1n) is 6.12. The van der Waals surface area contributed by atoms with E-state index in [0.717, 1.165) is 0 Å². The van der Waals surface area contributed by atoms with Gasteiger partial charge in [0.15, 0.2) is 0 Å². The number of carbonyl (C=O) groups is 1.